The zero-order valence-electron chi connectivity index (χ0n) is 14.3. The van der Waals surface area contributed by atoms with Crippen LogP contribution in [0.5, 0.6) is 0 Å². The number of rotatable bonds is 11. The Morgan fingerprint density at radius 1 is 0.840 bits per heavy atom. The highest BCUT2D eigenvalue weighted by molar-refractivity contribution is 7.48. The molecule has 0 aliphatic carbocycles. The van der Waals surface area contributed by atoms with Crippen LogP contribution in [0.25, 0.3) is 0 Å². The van der Waals surface area contributed by atoms with Gasteiger partial charge in [0.25, 0.3) is 0 Å². The van der Waals surface area contributed by atoms with Crippen molar-refractivity contribution in [3.05, 3.63) is 71.8 Å². The number of ketones is 1. The Bertz CT molecular complexity index is 640. The van der Waals surface area contributed by atoms with Crippen LogP contribution in [0.3, 0.4) is 0 Å². The molecular formula is C19H23O5P. The summed E-state index contributed by atoms with van der Waals surface area (Å²) in [5.41, 5.74) is 1.75. The van der Waals surface area contributed by atoms with Crippen molar-refractivity contribution in [3.63, 3.8) is 0 Å². The second kappa shape index (κ2) is 10.3. The molecule has 0 aliphatic rings. The van der Waals surface area contributed by atoms with Crippen LogP contribution >= 0.6 is 7.82 Å². The zero-order valence-corrected chi connectivity index (χ0v) is 15.2. The average molecular weight is 362 g/mol. The topological polar surface area (TPSA) is 61.8 Å². The zero-order chi connectivity index (χ0) is 18.0. The van der Waals surface area contributed by atoms with Gasteiger partial charge in [-0.2, -0.15) is 0 Å². The van der Waals surface area contributed by atoms with Gasteiger partial charge in [-0.15, -0.1) is 0 Å². The third-order valence-electron chi connectivity index (χ3n) is 3.39. The van der Waals surface area contributed by atoms with E-state index in [-0.39, 0.29) is 25.6 Å². The predicted octanol–water partition coefficient (Wildman–Crippen LogP) is 4.91. The molecule has 2 rings (SSSR count). The Hall–Kier alpha value is -1.78. The number of benzene rings is 2. The van der Waals surface area contributed by atoms with Gasteiger partial charge in [-0.05, 0) is 24.5 Å². The third kappa shape index (κ3) is 7.76. The highest BCUT2D eigenvalue weighted by Crippen LogP contribution is 2.51. The first-order chi connectivity index (χ1) is 12.1. The Kier molecular flexibility index (Phi) is 8.02. The second-order valence-corrected chi connectivity index (χ2v) is 7.27. The first-order valence-corrected chi connectivity index (χ1v) is 9.64. The second-order valence-electron chi connectivity index (χ2n) is 5.60. The quantitative estimate of drug-likeness (QED) is 0.420. The van der Waals surface area contributed by atoms with E-state index in [0.717, 1.165) is 11.1 Å². The minimum atomic E-state index is -3.72. The molecule has 2 aromatic rings. The molecule has 0 radical (unpaired) electrons. The maximum absolute atomic E-state index is 12.9. The minimum absolute atomic E-state index is 0.0637. The van der Waals surface area contributed by atoms with Crippen LogP contribution in [0, 0.1) is 0 Å². The van der Waals surface area contributed by atoms with Gasteiger partial charge in [0, 0.05) is 6.42 Å². The van der Waals surface area contributed by atoms with E-state index >= 15 is 0 Å². The van der Waals surface area contributed by atoms with Crippen molar-refractivity contribution in [1.29, 1.82) is 0 Å². The molecule has 0 saturated carbocycles. The monoisotopic (exact) mass is 362 g/mol. The smallest absolute Gasteiger partial charge is 0.300 e. The molecule has 25 heavy (non-hydrogen) atoms. The maximum Gasteiger partial charge on any atom is 0.475 e. The molecule has 0 N–H and O–H groups in total. The highest BCUT2D eigenvalue weighted by Gasteiger charge is 2.27. The lowest BCUT2D eigenvalue weighted by atomic mass is 10.2. The molecule has 0 heterocycles. The van der Waals surface area contributed by atoms with Crippen LogP contribution < -0.4 is 0 Å². The number of phosphoric ester groups is 1. The standard InChI is InChI=1S/C19H23O5P/c1-17(20)9-8-14-22-25(21,23-15-18-10-4-2-5-11-18)24-16-19-12-6-3-7-13-19/h2-7,10-13H,8-9,14-16H2,1H3. The third-order valence-corrected chi connectivity index (χ3v) is 4.78. The van der Waals surface area contributed by atoms with Gasteiger partial charge in [0.15, 0.2) is 0 Å². The Morgan fingerprint density at radius 2 is 1.32 bits per heavy atom. The number of carbonyl (C=O) groups excluding carboxylic acids is 1. The minimum Gasteiger partial charge on any atom is -0.300 e. The van der Waals surface area contributed by atoms with Crippen molar-refractivity contribution in [2.75, 3.05) is 6.61 Å². The lowest BCUT2D eigenvalue weighted by Crippen LogP contribution is -2.03. The molecule has 0 saturated heterocycles. The van der Waals surface area contributed by atoms with Gasteiger partial charge in [-0.1, -0.05) is 60.7 Å². The summed E-state index contributed by atoms with van der Waals surface area (Å²) in [6, 6.07) is 18.8. The van der Waals surface area contributed by atoms with Crippen LogP contribution in [0.2, 0.25) is 0 Å². The molecule has 134 valence electrons. The fraction of sp³-hybridized carbons (Fsp3) is 0.316. The van der Waals surface area contributed by atoms with Crippen LogP contribution in [0.15, 0.2) is 60.7 Å². The molecule has 0 aromatic heterocycles. The molecular weight excluding hydrogens is 339 g/mol. The van der Waals surface area contributed by atoms with E-state index in [4.69, 9.17) is 13.6 Å². The average Bonchev–Trinajstić information content (AvgIpc) is 2.64. The maximum atomic E-state index is 12.9. The summed E-state index contributed by atoms with van der Waals surface area (Å²) in [7, 11) is -3.72. The molecule has 0 spiro atoms. The van der Waals surface area contributed by atoms with Crippen molar-refractivity contribution in [2.45, 2.75) is 33.0 Å². The van der Waals surface area contributed by atoms with Gasteiger partial charge < -0.3 is 4.79 Å². The lowest BCUT2D eigenvalue weighted by molar-refractivity contribution is -0.117. The molecule has 0 amide bonds. The molecule has 0 aliphatic heterocycles. The van der Waals surface area contributed by atoms with E-state index in [1.165, 1.54) is 6.92 Å². The van der Waals surface area contributed by atoms with Gasteiger partial charge in [-0.3, -0.25) is 13.6 Å². The fourth-order valence-electron chi connectivity index (χ4n) is 2.06. The summed E-state index contributed by atoms with van der Waals surface area (Å²) in [5, 5.41) is 0. The molecule has 2 aromatic carbocycles. The number of carbonyl (C=O) groups is 1. The highest BCUT2D eigenvalue weighted by atomic mass is 31.2. The largest absolute Gasteiger partial charge is 0.475 e. The van der Waals surface area contributed by atoms with Crippen LogP contribution in [-0.4, -0.2) is 12.4 Å². The molecule has 5 nitrogen and oxygen atoms in total. The van der Waals surface area contributed by atoms with Crippen molar-refractivity contribution >= 4 is 13.6 Å². The summed E-state index contributed by atoms with van der Waals surface area (Å²) in [6.07, 6.45) is 0.847. The van der Waals surface area contributed by atoms with Crippen LogP contribution in [-0.2, 0) is 36.1 Å². The van der Waals surface area contributed by atoms with Crippen molar-refractivity contribution in [2.24, 2.45) is 0 Å². The molecule has 0 atom stereocenters. The summed E-state index contributed by atoms with van der Waals surface area (Å²) < 4.78 is 29.2. The summed E-state index contributed by atoms with van der Waals surface area (Å²) in [4.78, 5) is 11.0. The van der Waals surface area contributed by atoms with Gasteiger partial charge in [-0.25, -0.2) is 4.57 Å². The van der Waals surface area contributed by atoms with Crippen molar-refractivity contribution in [1.82, 2.24) is 0 Å². The first-order valence-electron chi connectivity index (χ1n) is 8.18. The van der Waals surface area contributed by atoms with Gasteiger partial charge in [0.05, 0.1) is 19.8 Å². The van der Waals surface area contributed by atoms with Gasteiger partial charge in [0.1, 0.15) is 5.78 Å². The van der Waals surface area contributed by atoms with E-state index in [2.05, 4.69) is 0 Å². The summed E-state index contributed by atoms with van der Waals surface area (Å²) >= 11 is 0. The van der Waals surface area contributed by atoms with Crippen LogP contribution in [0.1, 0.15) is 30.9 Å². The fourth-order valence-corrected chi connectivity index (χ4v) is 3.26. The van der Waals surface area contributed by atoms with Crippen molar-refractivity contribution in [3.8, 4) is 0 Å². The predicted molar refractivity (Wildman–Crippen MR) is 95.9 cm³/mol. The number of Topliss-reactive ketones (excluding diaryl/α,β-unsaturated/α-hetero) is 1. The van der Waals surface area contributed by atoms with Gasteiger partial charge in [0.2, 0.25) is 0 Å². The Morgan fingerprint density at radius 3 is 1.76 bits per heavy atom. The van der Waals surface area contributed by atoms with Crippen molar-refractivity contribution < 1.29 is 22.9 Å². The summed E-state index contributed by atoms with van der Waals surface area (Å²) in [6.45, 7) is 1.90. The van der Waals surface area contributed by atoms with E-state index in [0.29, 0.717) is 12.8 Å². The molecule has 0 fully saturated rings. The Labute approximate surface area is 148 Å². The number of hydrogen-bond donors (Lipinski definition) is 0. The Balaban J connectivity index is 1.93. The molecule has 0 bridgehead atoms. The molecule has 0 unspecified atom stereocenters. The van der Waals surface area contributed by atoms with E-state index in [1.54, 1.807) is 0 Å². The lowest BCUT2D eigenvalue weighted by Gasteiger charge is -2.18. The SMILES string of the molecule is CC(=O)CCCOP(=O)(OCc1ccccc1)OCc1ccccc1. The molecule has 6 heteroatoms. The number of phosphoric acid groups is 1. The summed E-state index contributed by atoms with van der Waals surface area (Å²) in [5.74, 6) is 0.0637. The number of hydrogen-bond acceptors (Lipinski definition) is 5. The van der Waals surface area contributed by atoms with E-state index in [9.17, 15) is 9.36 Å². The van der Waals surface area contributed by atoms with Gasteiger partial charge >= 0.3 is 7.82 Å². The van der Waals surface area contributed by atoms with E-state index < -0.39 is 7.82 Å². The van der Waals surface area contributed by atoms with Crippen LogP contribution in [0.4, 0.5) is 0 Å². The normalized spacial score (nSPS) is 11.4. The first kappa shape index (κ1) is 19.5. The van der Waals surface area contributed by atoms with E-state index in [1.807, 2.05) is 60.7 Å².